The number of fused-ring (bicyclic) bond motifs is 5. The summed E-state index contributed by atoms with van der Waals surface area (Å²) >= 11 is 0. The number of rotatable bonds is 7. The number of pyridine rings is 1. The summed E-state index contributed by atoms with van der Waals surface area (Å²) in [5.41, 5.74) is 12.7. The summed E-state index contributed by atoms with van der Waals surface area (Å²) in [5.74, 6) is 1.91. The summed E-state index contributed by atoms with van der Waals surface area (Å²) < 4.78 is 0. The van der Waals surface area contributed by atoms with Crippen molar-refractivity contribution in [2.45, 2.75) is 0 Å². The Morgan fingerprint density at radius 1 is 0.233 bits per heavy atom. The van der Waals surface area contributed by atoms with Crippen LogP contribution in [0.5, 0.6) is 0 Å². The van der Waals surface area contributed by atoms with Crippen LogP contribution in [0.25, 0.3) is 111 Å². The molecule has 0 bridgehead atoms. The average molecular weight is 765 g/mol. The summed E-state index contributed by atoms with van der Waals surface area (Å²) in [6.45, 7) is 0. The Morgan fingerprint density at radius 2 is 0.667 bits per heavy atom. The van der Waals surface area contributed by atoms with E-state index in [0.29, 0.717) is 17.5 Å². The summed E-state index contributed by atoms with van der Waals surface area (Å²) in [5, 5.41) is 6.01. The standard InChI is InChI=1S/C56H36N4/c1-3-12-37(13-4-1)38-28-32-45(33-29-38)55-58-54(44-15-5-2-6-16-44)59-56(60-55)47-18-11-17-46(36-47)41-24-22-39(23-25-41)40-26-30-43(31-27-40)53-52-48-19-8-7-14-42(48)34-35-50(52)49-20-9-10-21-51(49)57-53/h1-36H. The monoisotopic (exact) mass is 764 g/mol. The minimum absolute atomic E-state index is 0.631. The van der Waals surface area contributed by atoms with Gasteiger partial charge in [0.15, 0.2) is 17.5 Å². The summed E-state index contributed by atoms with van der Waals surface area (Å²) in [6, 6.07) is 76.4. The zero-order chi connectivity index (χ0) is 39.8. The normalized spacial score (nSPS) is 11.3. The predicted octanol–water partition coefficient (Wildman–Crippen LogP) is 14.4. The fraction of sp³-hybridized carbons (Fsp3) is 0. The van der Waals surface area contributed by atoms with Crippen LogP contribution >= 0.6 is 0 Å². The highest BCUT2D eigenvalue weighted by molar-refractivity contribution is 6.21. The Labute approximate surface area is 348 Å². The molecule has 2 heterocycles. The highest BCUT2D eigenvalue weighted by Crippen LogP contribution is 2.38. The predicted molar refractivity (Wildman–Crippen MR) is 248 cm³/mol. The van der Waals surface area contributed by atoms with E-state index >= 15 is 0 Å². The molecule has 4 nitrogen and oxygen atoms in total. The Kier molecular flexibility index (Phi) is 8.79. The van der Waals surface area contributed by atoms with Gasteiger partial charge in [0.2, 0.25) is 0 Å². The van der Waals surface area contributed by atoms with Crippen LogP contribution in [0.2, 0.25) is 0 Å². The molecule has 60 heavy (non-hydrogen) atoms. The molecule has 11 rings (SSSR count). The molecular formula is C56H36N4. The third-order valence-electron chi connectivity index (χ3n) is 11.3. The van der Waals surface area contributed by atoms with Gasteiger partial charge in [-0.2, -0.15) is 0 Å². The molecule has 4 heteroatoms. The van der Waals surface area contributed by atoms with Gasteiger partial charge in [0.05, 0.1) is 11.2 Å². The van der Waals surface area contributed by atoms with Crippen molar-refractivity contribution in [1.29, 1.82) is 0 Å². The van der Waals surface area contributed by atoms with Crippen molar-refractivity contribution >= 4 is 32.4 Å². The fourth-order valence-electron chi connectivity index (χ4n) is 8.24. The molecule has 11 aromatic rings. The quantitative estimate of drug-likeness (QED) is 0.152. The van der Waals surface area contributed by atoms with Crippen LogP contribution in [0.15, 0.2) is 218 Å². The van der Waals surface area contributed by atoms with Crippen molar-refractivity contribution in [3.8, 4) is 78.8 Å². The van der Waals surface area contributed by atoms with Crippen LogP contribution in [-0.4, -0.2) is 19.9 Å². The van der Waals surface area contributed by atoms with Crippen molar-refractivity contribution in [3.63, 3.8) is 0 Å². The molecule has 280 valence electrons. The van der Waals surface area contributed by atoms with Crippen LogP contribution in [0.4, 0.5) is 0 Å². The maximum absolute atomic E-state index is 5.24. The van der Waals surface area contributed by atoms with Crippen molar-refractivity contribution in [3.05, 3.63) is 218 Å². The third kappa shape index (κ3) is 6.56. The van der Waals surface area contributed by atoms with Crippen molar-refractivity contribution in [2.75, 3.05) is 0 Å². The maximum Gasteiger partial charge on any atom is 0.164 e. The molecule has 0 aliphatic carbocycles. The first-order valence-corrected chi connectivity index (χ1v) is 20.2. The molecule has 0 amide bonds. The lowest BCUT2D eigenvalue weighted by molar-refractivity contribution is 1.07. The van der Waals surface area contributed by atoms with Gasteiger partial charge in [0.1, 0.15) is 0 Å². The van der Waals surface area contributed by atoms with E-state index in [9.17, 15) is 0 Å². The van der Waals surface area contributed by atoms with E-state index in [1.54, 1.807) is 0 Å². The van der Waals surface area contributed by atoms with E-state index in [0.717, 1.165) is 61.3 Å². The summed E-state index contributed by atoms with van der Waals surface area (Å²) in [7, 11) is 0. The second kappa shape index (κ2) is 15.0. The first-order valence-electron chi connectivity index (χ1n) is 20.2. The Morgan fingerprint density at radius 3 is 1.32 bits per heavy atom. The number of hydrogen-bond acceptors (Lipinski definition) is 4. The minimum Gasteiger partial charge on any atom is -0.247 e. The lowest BCUT2D eigenvalue weighted by Crippen LogP contribution is -2.00. The largest absolute Gasteiger partial charge is 0.247 e. The zero-order valence-corrected chi connectivity index (χ0v) is 32.6. The molecule has 0 radical (unpaired) electrons. The maximum atomic E-state index is 5.24. The molecular weight excluding hydrogens is 729 g/mol. The average Bonchev–Trinajstić information content (AvgIpc) is 3.34. The highest BCUT2D eigenvalue weighted by atomic mass is 15.0. The molecule has 0 unspecified atom stereocenters. The van der Waals surface area contributed by atoms with Gasteiger partial charge in [-0.25, -0.2) is 19.9 Å². The summed E-state index contributed by atoms with van der Waals surface area (Å²) in [4.78, 5) is 20.2. The van der Waals surface area contributed by atoms with E-state index in [2.05, 4.69) is 182 Å². The van der Waals surface area contributed by atoms with Crippen LogP contribution in [0.3, 0.4) is 0 Å². The molecule has 0 aliphatic rings. The van der Waals surface area contributed by atoms with Gasteiger partial charge in [-0.1, -0.05) is 206 Å². The van der Waals surface area contributed by atoms with Gasteiger partial charge >= 0.3 is 0 Å². The Balaban J connectivity index is 0.908. The first kappa shape index (κ1) is 35.1. The summed E-state index contributed by atoms with van der Waals surface area (Å²) in [6.07, 6.45) is 0. The van der Waals surface area contributed by atoms with Gasteiger partial charge in [-0.05, 0) is 61.7 Å². The molecule has 2 aromatic heterocycles. The van der Waals surface area contributed by atoms with E-state index in [1.165, 1.54) is 32.5 Å². The van der Waals surface area contributed by atoms with E-state index in [4.69, 9.17) is 19.9 Å². The second-order valence-corrected chi connectivity index (χ2v) is 15.0. The first-order chi connectivity index (χ1) is 29.7. The van der Waals surface area contributed by atoms with Crippen molar-refractivity contribution in [2.24, 2.45) is 0 Å². The molecule has 0 N–H and O–H groups in total. The van der Waals surface area contributed by atoms with Crippen LogP contribution in [0.1, 0.15) is 0 Å². The number of aromatic nitrogens is 4. The van der Waals surface area contributed by atoms with Gasteiger partial charge in [-0.3, -0.25) is 0 Å². The molecule has 0 saturated carbocycles. The second-order valence-electron chi connectivity index (χ2n) is 15.0. The number of para-hydroxylation sites is 1. The van der Waals surface area contributed by atoms with Gasteiger partial charge in [0, 0.05) is 33.0 Å². The Hall–Kier alpha value is -8.08. The number of hydrogen-bond donors (Lipinski definition) is 0. The number of nitrogens with zero attached hydrogens (tertiary/aromatic N) is 4. The van der Waals surface area contributed by atoms with Crippen LogP contribution in [-0.2, 0) is 0 Å². The van der Waals surface area contributed by atoms with E-state index in [1.807, 2.05) is 36.4 Å². The number of benzene rings is 9. The SMILES string of the molecule is c1ccc(-c2ccc(-c3nc(-c4ccccc4)nc(-c4cccc(-c5ccc(-c6ccc(-c7nc8ccccc8c8ccc9ccccc9c78)cc6)cc5)c4)n3)cc2)cc1. The molecule has 0 fully saturated rings. The molecule has 9 aromatic carbocycles. The fourth-order valence-corrected chi connectivity index (χ4v) is 8.24. The van der Waals surface area contributed by atoms with E-state index < -0.39 is 0 Å². The van der Waals surface area contributed by atoms with Gasteiger partial charge in [-0.15, -0.1) is 0 Å². The molecule has 0 atom stereocenters. The topological polar surface area (TPSA) is 51.6 Å². The highest BCUT2D eigenvalue weighted by Gasteiger charge is 2.16. The van der Waals surface area contributed by atoms with Gasteiger partial charge in [0.25, 0.3) is 0 Å². The van der Waals surface area contributed by atoms with Crippen LogP contribution < -0.4 is 0 Å². The smallest absolute Gasteiger partial charge is 0.164 e. The van der Waals surface area contributed by atoms with Crippen molar-refractivity contribution in [1.82, 2.24) is 19.9 Å². The minimum atomic E-state index is 0.631. The van der Waals surface area contributed by atoms with E-state index in [-0.39, 0.29) is 0 Å². The zero-order valence-electron chi connectivity index (χ0n) is 32.6. The lowest BCUT2D eigenvalue weighted by atomic mass is 9.94. The van der Waals surface area contributed by atoms with Crippen LogP contribution in [0, 0.1) is 0 Å². The van der Waals surface area contributed by atoms with Gasteiger partial charge < -0.3 is 0 Å². The Bertz CT molecular complexity index is 3330. The molecule has 0 spiro atoms. The lowest BCUT2D eigenvalue weighted by Gasteiger charge is -2.13. The third-order valence-corrected chi connectivity index (χ3v) is 11.3. The molecule has 0 aliphatic heterocycles. The molecule has 0 saturated heterocycles. The van der Waals surface area contributed by atoms with Crippen molar-refractivity contribution < 1.29 is 0 Å².